The molecule has 1 aromatic carbocycles. The van der Waals surface area contributed by atoms with E-state index in [1.807, 2.05) is 0 Å². The molecule has 2 aliphatic heterocycles. The van der Waals surface area contributed by atoms with Crippen molar-refractivity contribution in [2.75, 3.05) is 19.7 Å². The van der Waals surface area contributed by atoms with E-state index in [0.29, 0.717) is 24.0 Å². The summed E-state index contributed by atoms with van der Waals surface area (Å²) in [7, 11) is 0. The SMILES string of the molecule is CC1CC(C)CN(C2COc3c(F)cccc3C2O)C1. The van der Waals surface area contributed by atoms with Gasteiger partial charge in [0.2, 0.25) is 0 Å². The lowest BCUT2D eigenvalue weighted by molar-refractivity contribution is -0.0239. The third-order valence-corrected chi connectivity index (χ3v) is 4.45. The second-order valence-corrected chi connectivity index (χ2v) is 6.38. The molecule has 4 atom stereocenters. The fourth-order valence-electron chi connectivity index (χ4n) is 3.66. The van der Waals surface area contributed by atoms with Gasteiger partial charge in [-0.15, -0.1) is 0 Å². The molecule has 3 rings (SSSR count). The Morgan fingerprint density at radius 2 is 1.95 bits per heavy atom. The predicted molar refractivity (Wildman–Crippen MR) is 75.2 cm³/mol. The van der Waals surface area contributed by atoms with Crippen LogP contribution in [0.3, 0.4) is 0 Å². The lowest BCUT2D eigenvalue weighted by Crippen LogP contribution is -2.51. The molecule has 4 heteroatoms. The fourth-order valence-corrected chi connectivity index (χ4v) is 3.66. The number of likely N-dealkylation sites (tertiary alicyclic amines) is 1. The summed E-state index contributed by atoms with van der Waals surface area (Å²) in [5.41, 5.74) is 0.576. The topological polar surface area (TPSA) is 32.7 Å². The molecule has 0 radical (unpaired) electrons. The van der Waals surface area contributed by atoms with Gasteiger partial charge in [0.05, 0.1) is 6.04 Å². The third-order valence-electron chi connectivity index (χ3n) is 4.45. The number of hydrogen-bond donors (Lipinski definition) is 1. The van der Waals surface area contributed by atoms with Crippen LogP contribution in [0.2, 0.25) is 0 Å². The molecule has 110 valence electrons. The zero-order chi connectivity index (χ0) is 14.3. The van der Waals surface area contributed by atoms with E-state index in [0.717, 1.165) is 13.1 Å². The number of aliphatic hydroxyl groups excluding tert-OH is 1. The fraction of sp³-hybridized carbons (Fsp3) is 0.625. The first-order valence-corrected chi connectivity index (χ1v) is 7.39. The maximum atomic E-state index is 13.7. The second kappa shape index (κ2) is 5.34. The minimum Gasteiger partial charge on any atom is -0.488 e. The van der Waals surface area contributed by atoms with E-state index < -0.39 is 6.10 Å². The van der Waals surface area contributed by atoms with Crippen molar-refractivity contribution in [3.05, 3.63) is 29.6 Å². The van der Waals surface area contributed by atoms with Gasteiger partial charge >= 0.3 is 0 Å². The van der Waals surface area contributed by atoms with Crippen molar-refractivity contribution in [1.29, 1.82) is 0 Å². The quantitative estimate of drug-likeness (QED) is 0.857. The number of ether oxygens (including phenoxy) is 1. The Balaban J connectivity index is 1.83. The van der Waals surface area contributed by atoms with Gasteiger partial charge in [-0.25, -0.2) is 4.39 Å². The summed E-state index contributed by atoms with van der Waals surface area (Å²) in [5, 5.41) is 10.6. The summed E-state index contributed by atoms with van der Waals surface area (Å²) in [6.07, 6.45) is 0.553. The zero-order valence-electron chi connectivity index (χ0n) is 12.1. The van der Waals surface area contributed by atoms with Gasteiger partial charge in [-0.2, -0.15) is 0 Å². The zero-order valence-corrected chi connectivity index (χ0v) is 12.1. The van der Waals surface area contributed by atoms with E-state index in [2.05, 4.69) is 18.7 Å². The standard InChI is InChI=1S/C16H22FNO2/c1-10-6-11(2)8-18(7-10)14-9-20-16-12(15(14)19)4-3-5-13(16)17/h3-5,10-11,14-15,19H,6-9H2,1-2H3. The van der Waals surface area contributed by atoms with E-state index in [9.17, 15) is 9.50 Å². The van der Waals surface area contributed by atoms with Gasteiger partial charge in [0.15, 0.2) is 11.6 Å². The molecule has 20 heavy (non-hydrogen) atoms. The Morgan fingerprint density at radius 3 is 2.65 bits per heavy atom. The minimum atomic E-state index is -0.674. The second-order valence-electron chi connectivity index (χ2n) is 6.38. The third kappa shape index (κ3) is 2.42. The average Bonchev–Trinajstić information content (AvgIpc) is 2.39. The maximum Gasteiger partial charge on any atom is 0.165 e. The van der Waals surface area contributed by atoms with Gasteiger partial charge in [0.25, 0.3) is 0 Å². The van der Waals surface area contributed by atoms with E-state index >= 15 is 0 Å². The van der Waals surface area contributed by atoms with Gasteiger partial charge in [0, 0.05) is 18.7 Å². The number of halogens is 1. The highest BCUT2D eigenvalue weighted by molar-refractivity contribution is 5.39. The van der Waals surface area contributed by atoms with Gasteiger partial charge in [-0.05, 0) is 24.3 Å². The molecule has 0 amide bonds. The number of para-hydroxylation sites is 1. The van der Waals surface area contributed by atoms with Crippen LogP contribution in [0.4, 0.5) is 4.39 Å². The highest BCUT2D eigenvalue weighted by Crippen LogP contribution is 2.37. The molecule has 0 bridgehead atoms. The van der Waals surface area contributed by atoms with Crippen LogP contribution in [-0.4, -0.2) is 35.7 Å². The Hall–Kier alpha value is -1.13. The largest absolute Gasteiger partial charge is 0.488 e. The number of aliphatic hydroxyl groups is 1. The number of benzene rings is 1. The molecular weight excluding hydrogens is 257 g/mol. The monoisotopic (exact) mass is 279 g/mol. The molecule has 1 fully saturated rings. The van der Waals surface area contributed by atoms with Crippen molar-refractivity contribution in [3.63, 3.8) is 0 Å². The lowest BCUT2D eigenvalue weighted by Gasteiger charge is -2.43. The number of rotatable bonds is 1. The Kier molecular flexibility index (Phi) is 3.69. The van der Waals surface area contributed by atoms with Crippen molar-refractivity contribution in [1.82, 2.24) is 4.90 Å². The van der Waals surface area contributed by atoms with Crippen LogP contribution < -0.4 is 4.74 Å². The van der Waals surface area contributed by atoms with E-state index in [1.165, 1.54) is 12.5 Å². The van der Waals surface area contributed by atoms with Crippen LogP contribution >= 0.6 is 0 Å². The molecule has 3 nitrogen and oxygen atoms in total. The van der Waals surface area contributed by atoms with Crippen molar-refractivity contribution >= 4 is 0 Å². The van der Waals surface area contributed by atoms with Crippen molar-refractivity contribution in [2.24, 2.45) is 11.8 Å². The molecule has 2 heterocycles. The summed E-state index contributed by atoms with van der Waals surface area (Å²) in [6.45, 7) is 6.79. The highest BCUT2D eigenvalue weighted by Gasteiger charge is 2.37. The highest BCUT2D eigenvalue weighted by atomic mass is 19.1. The van der Waals surface area contributed by atoms with Crippen LogP contribution in [0.15, 0.2) is 18.2 Å². The minimum absolute atomic E-state index is 0.0745. The average molecular weight is 279 g/mol. The van der Waals surface area contributed by atoms with Crippen molar-refractivity contribution in [2.45, 2.75) is 32.4 Å². The first-order valence-electron chi connectivity index (χ1n) is 7.39. The van der Waals surface area contributed by atoms with Crippen LogP contribution in [0, 0.1) is 17.7 Å². The van der Waals surface area contributed by atoms with Crippen LogP contribution in [0.5, 0.6) is 5.75 Å². The number of piperidine rings is 1. The molecule has 1 N–H and O–H groups in total. The van der Waals surface area contributed by atoms with Gasteiger partial charge < -0.3 is 9.84 Å². The van der Waals surface area contributed by atoms with E-state index in [1.54, 1.807) is 12.1 Å². The van der Waals surface area contributed by atoms with Gasteiger partial charge in [-0.3, -0.25) is 4.90 Å². The Labute approximate surface area is 119 Å². The summed E-state index contributed by atoms with van der Waals surface area (Å²) in [4.78, 5) is 2.30. The van der Waals surface area contributed by atoms with E-state index in [4.69, 9.17) is 4.74 Å². The molecule has 1 saturated heterocycles. The molecule has 0 aliphatic carbocycles. The Morgan fingerprint density at radius 1 is 1.25 bits per heavy atom. The Bertz CT molecular complexity index is 483. The summed E-state index contributed by atoms with van der Waals surface area (Å²) in [6, 6.07) is 4.68. The van der Waals surface area contributed by atoms with Crippen LogP contribution in [0.1, 0.15) is 31.9 Å². The number of hydrogen-bond acceptors (Lipinski definition) is 3. The van der Waals surface area contributed by atoms with Crippen molar-refractivity contribution < 1.29 is 14.2 Å². The molecule has 2 aliphatic rings. The summed E-state index contributed by atoms with van der Waals surface area (Å²) < 4.78 is 19.3. The first kappa shape index (κ1) is 13.8. The molecule has 0 saturated carbocycles. The predicted octanol–water partition coefficient (Wildman–Crippen LogP) is 2.60. The van der Waals surface area contributed by atoms with Crippen LogP contribution in [0.25, 0.3) is 0 Å². The molecule has 0 aromatic heterocycles. The molecule has 0 spiro atoms. The molecule has 1 aromatic rings. The number of nitrogens with zero attached hydrogens (tertiary/aromatic N) is 1. The molecule has 4 unspecified atom stereocenters. The smallest absolute Gasteiger partial charge is 0.165 e. The molecular formula is C16H22FNO2. The summed E-state index contributed by atoms with van der Waals surface area (Å²) in [5.74, 6) is 1.08. The normalized spacial score (nSPS) is 34.4. The van der Waals surface area contributed by atoms with Gasteiger partial charge in [0.1, 0.15) is 12.7 Å². The van der Waals surface area contributed by atoms with Crippen LogP contribution in [-0.2, 0) is 0 Å². The number of fused-ring (bicyclic) bond motifs is 1. The van der Waals surface area contributed by atoms with Gasteiger partial charge in [-0.1, -0.05) is 26.0 Å². The first-order chi connectivity index (χ1) is 9.56. The van der Waals surface area contributed by atoms with E-state index in [-0.39, 0.29) is 17.6 Å². The summed E-state index contributed by atoms with van der Waals surface area (Å²) >= 11 is 0. The maximum absolute atomic E-state index is 13.7. The van der Waals surface area contributed by atoms with Crippen molar-refractivity contribution in [3.8, 4) is 5.75 Å². The lowest BCUT2D eigenvalue weighted by atomic mass is 9.88.